The highest BCUT2D eigenvalue weighted by molar-refractivity contribution is 5.74. The van der Waals surface area contributed by atoms with Crippen LogP contribution < -0.4 is 10.1 Å². The van der Waals surface area contributed by atoms with Crippen molar-refractivity contribution in [3.8, 4) is 5.88 Å². The number of methoxy groups -OCH3 is 1. The summed E-state index contributed by atoms with van der Waals surface area (Å²) in [6.45, 7) is 5.66. The predicted octanol–water partition coefficient (Wildman–Crippen LogP) is 3.54. The molecule has 0 aliphatic rings. The molecule has 2 amide bonds. The van der Waals surface area contributed by atoms with Gasteiger partial charge in [-0.1, -0.05) is 18.2 Å². The maximum atomic E-state index is 13.1. The Kier molecular flexibility index (Phi) is 8.00. The van der Waals surface area contributed by atoms with Gasteiger partial charge in [0.05, 0.1) is 12.6 Å². The number of amides is 2. The van der Waals surface area contributed by atoms with Crippen molar-refractivity contribution in [2.45, 2.75) is 26.4 Å². The Morgan fingerprint density at radius 2 is 1.96 bits per heavy atom. The van der Waals surface area contributed by atoms with E-state index in [1.807, 2.05) is 19.9 Å². The molecule has 1 aromatic heterocycles. The molecule has 7 heteroatoms. The van der Waals surface area contributed by atoms with Crippen LogP contribution in [0.15, 0.2) is 42.6 Å². The first kappa shape index (κ1) is 20.6. The smallest absolute Gasteiger partial charge is 0.318 e. The van der Waals surface area contributed by atoms with Gasteiger partial charge in [0.25, 0.3) is 0 Å². The van der Waals surface area contributed by atoms with Crippen LogP contribution in [-0.2, 0) is 11.3 Å². The van der Waals surface area contributed by atoms with Gasteiger partial charge in [0.2, 0.25) is 5.88 Å². The number of halogens is 1. The highest BCUT2D eigenvalue weighted by atomic mass is 19.1. The Morgan fingerprint density at radius 3 is 2.56 bits per heavy atom. The molecular formula is C20H26FN3O3. The second kappa shape index (κ2) is 10.5. The van der Waals surface area contributed by atoms with E-state index in [2.05, 4.69) is 10.3 Å². The van der Waals surface area contributed by atoms with Crippen LogP contribution in [0.5, 0.6) is 5.88 Å². The molecule has 0 radical (unpaired) electrons. The van der Waals surface area contributed by atoms with Crippen molar-refractivity contribution in [1.29, 1.82) is 0 Å². The van der Waals surface area contributed by atoms with E-state index in [0.29, 0.717) is 32.2 Å². The minimum absolute atomic E-state index is 0.162. The first-order chi connectivity index (χ1) is 13.0. The molecule has 146 valence electrons. The molecule has 0 bridgehead atoms. The number of urea groups is 1. The number of pyridine rings is 1. The molecule has 0 saturated heterocycles. The van der Waals surface area contributed by atoms with Crippen LogP contribution in [0.1, 0.15) is 31.0 Å². The lowest BCUT2D eigenvalue weighted by Gasteiger charge is -2.28. The van der Waals surface area contributed by atoms with Gasteiger partial charge in [-0.05, 0) is 37.1 Å². The number of nitrogens with zero attached hydrogens (tertiary/aromatic N) is 2. The van der Waals surface area contributed by atoms with E-state index in [-0.39, 0.29) is 17.9 Å². The molecule has 27 heavy (non-hydrogen) atoms. The monoisotopic (exact) mass is 375 g/mol. The second-order valence-electron chi connectivity index (χ2n) is 6.02. The molecule has 1 N–H and O–H groups in total. The largest absolute Gasteiger partial charge is 0.475 e. The zero-order chi connectivity index (χ0) is 19.6. The molecule has 2 rings (SSSR count). The van der Waals surface area contributed by atoms with Crippen molar-refractivity contribution in [3.05, 3.63) is 59.5 Å². The summed E-state index contributed by atoms with van der Waals surface area (Å²) < 4.78 is 23.4. The van der Waals surface area contributed by atoms with Gasteiger partial charge in [0.1, 0.15) is 12.4 Å². The summed E-state index contributed by atoms with van der Waals surface area (Å²) in [6.07, 6.45) is 1.67. The lowest BCUT2D eigenvalue weighted by Crippen LogP contribution is -2.41. The van der Waals surface area contributed by atoms with E-state index < -0.39 is 0 Å². The Hall–Kier alpha value is -2.67. The van der Waals surface area contributed by atoms with Crippen LogP contribution in [0.2, 0.25) is 0 Å². The molecule has 0 aliphatic carbocycles. The van der Waals surface area contributed by atoms with E-state index in [4.69, 9.17) is 9.47 Å². The van der Waals surface area contributed by atoms with Crippen LogP contribution in [-0.4, -0.2) is 42.8 Å². The Labute approximate surface area is 159 Å². The fraction of sp³-hybridized carbons (Fsp3) is 0.400. The molecule has 2 aromatic rings. The Bertz CT molecular complexity index is 707. The van der Waals surface area contributed by atoms with Crippen molar-refractivity contribution < 1.29 is 18.7 Å². The van der Waals surface area contributed by atoms with Crippen LogP contribution in [0.25, 0.3) is 0 Å². The number of hydrogen-bond donors (Lipinski definition) is 1. The fourth-order valence-electron chi connectivity index (χ4n) is 2.62. The third-order valence-corrected chi connectivity index (χ3v) is 4.20. The molecule has 1 atom stereocenters. The maximum absolute atomic E-state index is 13.1. The number of ether oxygens (including phenoxy) is 2. The number of carbonyl (C=O) groups is 1. The van der Waals surface area contributed by atoms with Gasteiger partial charge >= 0.3 is 6.03 Å². The van der Waals surface area contributed by atoms with E-state index in [9.17, 15) is 9.18 Å². The third kappa shape index (κ3) is 6.21. The van der Waals surface area contributed by atoms with E-state index in [0.717, 1.165) is 11.1 Å². The molecular weight excluding hydrogens is 349 g/mol. The van der Waals surface area contributed by atoms with Gasteiger partial charge < -0.3 is 19.7 Å². The van der Waals surface area contributed by atoms with Crippen molar-refractivity contribution in [2.24, 2.45) is 0 Å². The van der Waals surface area contributed by atoms with Gasteiger partial charge in [-0.25, -0.2) is 14.2 Å². The van der Waals surface area contributed by atoms with Crippen LogP contribution in [0.4, 0.5) is 9.18 Å². The van der Waals surface area contributed by atoms with Gasteiger partial charge in [-0.3, -0.25) is 0 Å². The minimum atomic E-state index is -0.291. The van der Waals surface area contributed by atoms with Crippen molar-refractivity contribution in [3.63, 3.8) is 0 Å². The highest BCUT2D eigenvalue weighted by Gasteiger charge is 2.19. The van der Waals surface area contributed by atoms with Crippen molar-refractivity contribution >= 4 is 6.03 Å². The summed E-state index contributed by atoms with van der Waals surface area (Å²) in [5.41, 5.74) is 1.75. The minimum Gasteiger partial charge on any atom is -0.475 e. The normalized spacial score (nSPS) is 11.7. The summed E-state index contributed by atoms with van der Waals surface area (Å²) in [6, 6.07) is 9.47. The molecule has 1 unspecified atom stereocenters. The average Bonchev–Trinajstić information content (AvgIpc) is 2.68. The first-order valence-corrected chi connectivity index (χ1v) is 8.91. The quantitative estimate of drug-likeness (QED) is 0.681. The standard InChI is InChI=1S/C20H26FN3O3/c1-4-24(15(2)17-6-8-18(21)9-7-17)20(25)23-14-16-5-10-19(22-13-16)27-12-11-26-3/h5-10,13,15H,4,11-12,14H2,1-3H3,(H,23,25). The molecule has 1 aromatic carbocycles. The first-order valence-electron chi connectivity index (χ1n) is 8.91. The predicted molar refractivity (Wildman–Crippen MR) is 101 cm³/mol. The summed E-state index contributed by atoms with van der Waals surface area (Å²) in [5, 5.41) is 2.90. The molecule has 6 nitrogen and oxygen atoms in total. The number of carbonyl (C=O) groups excluding carboxylic acids is 1. The van der Waals surface area contributed by atoms with Crippen LogP contribution in [0.3, 0.4) is 0 Å². The topological polar surface area (TPSA) is 63.7 Å². The molecule has 0 aliphatic heterocycles. The Morgan fingerprint density at radius 1 is 1.22 bits per heavy atom. The number of aromatic nitrogens is 1. The lowest BCUT2D eigenvalue weighted by molar-refractivity contribution is 0.143. The van der Waals surface area contributed by atoms with E-state index in [1.165, 1.54) is 12.1 Å². The van der Waals surface area contributed by atoms with Crippen LogP contribution >= 0.6 is 0 Å². The van der Waals surface area contributed by atoms with Crippen LogP contribution in [0, 0.1) is 5.82 Å². The lowest BCUT2D eigenvalue weighted by atomic mass is 10.1. The average molecular weight is 375 g/mol. The zero-order valence-corrected chi connectivity index (χ0v) is 15.9. The summed E-state index contributed by atoms with van der Waals surface area (Å²) >= 11 is 0. The zero-order valence-electron chi connectivity index (χ0n) is 15.9. The number of rotatable bonds is 9. The summed E-state index contributed by atoms with van der Waals surface area (Å²) in [4.78, 5) is 18.5. The number of benzene rings is 1. The molecule has 1 heterocycles. The fourth-order valence-corrected chi connectivity index (χ4v) is 2.62. The SMILES string of the molecule is CCN(C(=O)NCc1ccc(OCCOC)nc1)C(C)c1ccc(F)cc1. The molecule has 0 fully saturated rings. The highest BCUT2D eigenvalue weighted by Crippen LogP contribution is 2.20. The second-order valence-corrected chi connectivity index (χ2v) is 6.02. The van der Waals surface area contributed by atoms with Crippen molar-refractivity contribution in [2.75, 3.05) is 26.9 Å². The van der Waals surface area contributed by atoms with Gasteiger partial charge in [-0.15, -0.1) is 0 Å². The van der Waals surface area contributed by atoms with Gasteiger partial charge in [0, 0.05) is 32.5 Å². The molecule has 0 spiro atoms. The molecule has 0 saturated carbocycles. The summed E-state index contributed by atoms with van der Waals surface area (Å²) in [5.74, 6) is 0.225. The maximum Gasteiger partial charge on any atom is 0.318 e. The van der Waals surface area contributed by atoms with Gasteiger partial charge in [0.15, 0.2) is 0 Å². The van der Waals surface area contributed by atoms with Crippen molar-refractivity contribution in [1.82, 2.24) is 15.2 Å². The third-order valence-electron chi connectivity index (χ3n) is 4.20. The number of nitrogens with one attached hydrogen (secondary N) is 1. The van der Waals surface area contributed by atoms with E-state index in [1.54, 1.807) is 36.4 Å². The number of hydrogen-bond acceptors (Lipinski definition) is 4. The van der Waals surface area contributed by atoms with E-state index >= 15 is 0 Å². The Balaban J connectivity index is 1.89. The van der Waals surface area contributed by atoms with Gasteiger partial charge in [-0.2, -0.15) is 0 Å². The summed E-state index contributed by atoms with van der Waals surface area (Å²) in [7, 11) is 1.61.